The molecule has 0 unspecified atom stereocenters. The lowest BCUT2D eigenvalue weighted by Gasteiger charge is -2.18. The standard InChI is InChI=1S/C27H30ClN9O4/c1-41-27(40)33-18-8-9-19-21(13-18)35-24(38)5-3-2-4-20(26-31-14-22(19)36-26)34-25(39)11-6-16-12-17(28)7-10-23(16)37(30)15-32-29/h6-15,20H,2-5,29-30H2,1H3,(H,31,36)(H,33,40)(H,34,39)(H,35,38)/b11-6+,32-15-/t20-/m0/s1. The van der Waals surface area contributed by atoms with E-state index in [9.17, 15) is 14.4 Å². The van der Waals surface area contributed by atoms with Crippen molar-refractivity contribution in [2.24, 2.45) is 16.8 Å². The number of hydrazine groups is 1. The molecular weight excluding hydrogens is 550 g/mol. The number of aromatic nitrogens is 2. The average molecular weight is 580 g/mol. The molecule has 214 valence electrons. The van der Waals surface area contributed by atoms with Crippen molar-refractivity contribution in [2.45, 2.75) is 31.7 Å². The first-order valence-corrected chi connectivity index (χ1v) is 13.0. The van der Waals surface area contributed by atoms with Gasteiger partial charge in [-0.3, -0.25) is 19.9 Å². The first-order valence-electron chi connectivity index (χ1n) is 12.7. The van der Waals surface area contributed by atoms with Gasteiger partial charge >= 0.3 is 6.09 Å². The van der Waals surface area contributed by atoms with Gasteiger partial charge in [-0.05, 0) is 55.3 Å². The van der Waals surface area contributed by atoms with Crippen LogP contribution in [-0.2, 0) is 14.3 Å². The Morgan fingerprint density at radius 2 is 2.07 bits per heavy atom. The van der Waals surface area contributed by atoms with Gasteiger partial charge in [-0.25, -0.2) is 15.6 Å². The number of imidazole rings is 1. The Hall–Kier alpha value is -4.88. The number of nitrogens with zero attached hydrogens (tertiary/aromatic N) is 3. The molecule has 0 fully saturated rings. The Bertz CT molecular complexity index is 1490. The second kappa shape index (κ2) is 13.5. The molecular formula is C27H30ClN9O4. The van der Waals surface area contributed by atoms with Crippen LogP contribution in [0.4, 0.5) is 21.9 Å². The number of nitrogens with two attached hydrogens (primary N) is 2. The number of methoxy groups -OCH3 is 1. The molecule has 0 spiro atoms. The minimum absolute atomic E-state index is 0.170. The number of hydrazone groups is 1. The fourth-order valence-corrected chi connectivity index (χ4v) is 4.50. The van der Waals surface area contributed by atoms with Gasteiger partial charge in [0.1, 0.15) is 12.2 Å². The summed E-state index contributed by atoms with van der Waals surface area (Å²) in [4.78, 5) is 45.1. The summed E-state index contributed by atoms with van der Waals surface area (Å²) in [6.07, 6.45) is 7.30. The van der Waals surface area contributed by atoms with E-state index in [1.165, 1.54) is 24.5 Å². The molecule has 41 heavy (non-hydrogen) atoms. The topological polar surface area (TPSA) is 193 Å². The van der Waals surface area contributed by atoms with Gasteiger partial charge < -0.3 is 26.2 Å². The fourth-order valence-electron chi connectivity index (χ4n) is 4.32. The molecule has 13 nitrogen and oxygen atoms in total. The lowest BCUT2D eigenvalue weighted by Crippen LogP contribution is -2.30. The maximum absolute atomic E-state index is 13.0. The number of halogens is 1. The second-order valence-electron chi connectivity index (χ2n) is 9.12. The van der Waals surface area contributed by atoms with Crippen molar-refractivity contribution in [1.29, 1.82) is 0 Å². The summed E-state index contributed by atoms with van der Waals surface area (Å²) in [6, 6.07) is 9.64. The highest BCUT2D eigenvalue weighted by Gasteiger charge is 2.20. The number of ether oxygens (including phenoxy) is 1. The van der Waals surface area contributed by atoms with Crippen LogP contribution >= 0.6 is 11.6 Å². The molecule has 8 N–H and O–H groups in total. The third kappa shape index (κ3) is 7.62. The van der Waals surface area contributed by atoms with Crippen molar-refractivity contribution in [1.82, 2.24) is 15.3 Å². The highest BCUT2D eigenvalue weighted by molar-refractivity contribution is 6.30. The van der Waals surface area contributed by atoms with E-state index in [0.717, 1.165) is 0 Å². The van der Waals surface area contributed by atoms with E-state index in [0.29, 0.717) is 64.0 Å². The number of rotatable bonds is 6. The van der Waals surface area contributed by atoms with E-state index in [1.54, 1.807) is 48.7 Å². The van der Waals surface area contributed by atoms with E-state index in [2.05, 4.69) is 35.8 Å². The van der Waals surface area contributed by atoms with Crippen LogP contribution in [0, 0.1) is 0 Å². The van der Waals surface area contributed by atoms with Gasteiger partial charge in [0.05, 0.1) is 36.4 Å². The number of H-pyrrole nitrogens is 1. The first-order chi connectivity index (χ1) is 19.8. The van der Waals surface area contributed by atoms with Crippen molar-refractivity contribution in [2.75, 3.05) is 22.8 Å². The van der Waals surface area contributed by atoms with Crippen LogP contribution in [0.1, 0.15) is 43.1 Å². The number of hydrogen-bond acceptors (Lipinski definition) is 8. The van der Waals surface area contributed by atoms with Gasteiger partial charge in [0.2, 0.25) is 11.8 Å². The highest BCUT2D eigenvalue weighted by atomic mass is 35.5. The van der Waals surface area contributed by atoms with E-state index < -0.39 is 12.1 Å². The Kier molecular flexibility index (Phi) is 9.55. The van der Waals surface area contributed by atoms with Gasteiger partial charge in [0.25, 0.3) is 0 Å². The van der Waals surface area contributed by atoms with E-state index >= 15 is 0 Å². The summed E-state index contributed by atoms with van der Waals surface area (Å²) in [5.41, 5.74) is 3.36. The van der Waals surface area contributed by atoms with Gasteiger partial charge in [-0.2, -0.15) is 5.10 Å². The molecule has 3 aromatic rings. The Morgan fingerprint density at radius 1 is 1.24 bits per heavy atom. The largest absolute Gasteiger partial charge is 0.453 e. The van der Waals surface area contributed by atoms with Crippen molar-refractivity contribution in [3.8, 4) is 11.3 Å². The summed E-state index contributed by atoms with van der Waals surface area (Å²) >= 11 is 6.15. The number of hydrogen-bond donors (Lipinski definition) is 6. The summed E-state index contributed by atoms with van der Waals surface area (Å²) in [6.45, 7) is 0. The number of aromatic amines is 1. The molecule has 14 heteroatoms. The summed E-state index contributed by atoms with van der Waals surface area (Å²) < 4.78 is 4.66. The number of amides is 3. The molecule has 4 rings (SSSR count). The molecule has 2 aromatic carbocycles. The molecule has 0 aliphatic carbocycles. The predicted molar refractivity (Wildman–Crippen MR) is 158 cm³/mol. The van der Waals surface area contributed by atoms with Crippen molar-refractivity contribution in [3.05, 3.63) is 65.1 Å². The van der Waals surface area contributed by atoms with Crippen LogP contribution in [0.15, 0.2) is 53.8 Å². The third-order valence-electron chi connectivity index (χ3n) is 6.28. The quantitative estimate of drug-likeness (QED) is 0.0832. The molecule has 1 atom stereocenters. The van der Waals surface area contributed by atoms with Crippen molar-refractivity contribution < 1.29 is 19.1 Å². The average Bonchev–Trinajstić information content (AvgIpc) is 3.43. The minimum Gasteiger partial charge on any atom is -0.453 e. The molecule has 0 radical (unpaired) electrons. The minimum atomic E-state index is -0.628. The molecule has 1 aromatic heterocycles. The number of fused-ring (bicyclic) bond motifs is 4. The predicted octanol–water partition coefficient (Wildman–Crippen LogP) is 3.87. The molecule has 0 saturated carbocycles. The first kappa shape index (κ1) is 29.1. The lowest BCUT2D eigenvalue weighted by atomic mass is 10.1. The summed E-state index contributed by atoms with van der Waals surface area (Å²) in [7, 11) is 1.27. The van der Waals surface area contributed by atoms with Gasteiger partial charge in [-0.15, -0.1) is 0 Å². The van der Waals surface area contributed by atoms with Crippen molar-refractivity contribution in [3.63, 3.8) is 0 Å². The summed E-state index contributed by atoms with van der Waals surface area (Å²) in [5.74, 6) is 11.2. The zero-order valence-corrected chi connectivity index (χ0v) is 22.9. The lowest BCUT2D eigenvalue weighted by molar-refractivity contribution is -0.118. The number of carbonyl (C=O) groups is 3. The van der Waals surface area contributed by atoms with E-state index in [-0.39, 0.29) is 18.2 Å². The number of benzene rings is 2. The van der Waals surface area contributed by atoms with E-state index in [1.807, 2.05) is 0 Å². The van der Waals surface area contributed by atoms with E-state index in [4.69, 9.17) is 23.3 Å². The Labute approximate surface area is 240 Å². The molecule has 0 saturated heterocycles. The zero-order chi connectivity index (χ0) is 29.4. The van der Waals surface area contributed by atoms with Crippen LogP contribution in [-0.4, -0.2) is 41.3 Å². The van der Waals surface area contributed by atoms with Gasteiger partial charge in [-0.1, -0.05) is 18.0 Å². The number of nitrogens with one attached hydrogen (secondary N) is 4. The van der Waals surface area contributed by atoms with Crippen LogP contribution in [0.2, 0.25) is 5.02 Å². The monoisotopic (exact) mass is 579 g/mol. The maximum atomic E-state index is 13.0. The van der Waals surface area contributed by atoms with Gasteiger partial charge in [0, 0.05) is 34.3 Å². The Balaban J connectivity index is 1.58. The number of anilines is 3. The SMILES string of the molecule is COC(=O)Nc1ccc2c(c1)NC(=O)CCCC[C@H](NC(=O)/C=C/c1cc(Cl)ccc1N(N)/C=N\N)c1ncc-2[nH]1. The molecule has 1 aliphatic heterocycles. The zero-order valence-electron chi connectivity index (χ0n) is 22.2. The van der Waals surface area contributed by atoms with Gasteiger partial charge in [0.15, 0.2) is 0 Å². The maximum Gasteiger partial charge on any atom is 0.411 e. The van der Waals surface area contributed by atoms with Crippen LogP contribution < -0.4 is 32.6 Å². The smallest absolute Gasteiger partial charge is 0.411 e. The van der Waals surface area contributed by atoms with Crippen LogP contribution in [0.3, 0.4) is 0 Å². The number of carbonyl (C=O) groups excluding carboxylic acids is 3. The Morgan fingerprint density at radius 3 is 2.85 bits per heavy atom. The van der Waals surface area contributed by atoms with Crippen LogP contribution in [0.5, 0.6) is 0 Å². The second-order valence-corrected chi connectivity index (χ2v) is 9.56. The third-order valence-corrected chi connectivity index (χ3v) is 6.51. The highest BCUT2D eigenvalue weighted by Crippen LogP contribution is 2.32. The van der Waals surface area contributed by atoms with Crippen LogP contribution in [0.25, 0.3) is 17.3 Å². The van der Waals surface area contributed by atoms with Crippen molar-refractivity contribution >= 4 is 59.0 Å². The fraction of sp³-hybridized carbons (Fsp3) is 0.222. The molecule has 2 heterocycles. The normalized spacial score (nSPS) is 15.4. The summed E-state index contributed by atoms with van der Waals surface area (Å²) in [5, 5.41) is 13.6. The molecule has 1 aliphatic rings. The molecule has 3 amide bonds. The molecule has 2 bridgehead atoms.